The highest BCUT2D eigenvalue weighted by atomic mass is 35.5. The van der Waals surface area contributed by atoms with Crippen LogP contribution in [0.15, 0.2) is 24.3 Å². The first-order valence-corrected chi connectivity index (χ1v) is 7.87. The summed E-state index contributed by atoms with van der Waals surface area (Å²) >= 11 is 5.95. The molecule has 1 rings (SSSR count). The highest BCUT2D eigenvalue weighted by Crippen LogP contribution is 2.27. The van der Waals surface area contributed by atoms with Crippen LogP contribution in [0.3, 0.4) is 0 Å². The number of hydrogen-bond acceptors (Lipinski definition) is 1. The molecule has 2 heteroatoms. The van der Waals surface area contributed by atoms with E-state index in [-0.39, 0.29) is 5.54 Å². The molecule has 1 unspecified atom stereocenters. The van der Waals surface area contributed by atoms with Crippen LogP contribution in [-0.2, 0) is 5.54 Å². The van der Waals surface area contributed by atoms with E-state index < -0.39 is 0 Å². The molecule has 0 saturated carbocycles. The van der Waals surface area contributed by atoms with Gasteiger partial charge >= 0.3 is 0 Å². The summed E-state index contributed by atoms with van der Waals surface area (Å²) in [6, 6.07) is 8.21. The average molecular weight is 284 g/mol. The van der Waals surface area contributed by atoms with Crippen molar-refractivity contribution >= 4 is 11.6 Å². The van der Waals surface area contributed by atoms with E-state index in [1.165, 1.54) is 12.0 Å². The fraction of sp³-hybridized carbons (Fsp3) is 0.647. The maximum atomic E-state index is 5.95. The Kier molecular flexibility index (Phi) is 9.12. The fourth-order valence-corrected chi connectivity index (χ4v) is 2.21. The number of benzene rings is 1. The van der Waals surface area contributed by atoms with Gasteiger partial charge in [0.15, 0.2) is 0 Å². The summed E-state index contributed by atoms with van der Waals surface area (Å²) in [5.41, 5.74) is 1.38. The lowest BCUT2D eigenvalue weighted by Gasteiger charge is -2.32. The van der Waals surface area contributed by atoms with Gasteiger partial charge in [0, 0.05) is 10.6 Å². The molecule has 0 amide bonds. The highest BCUT2D eigenvalue weighted by Gasteiger charge is 2.24. The fourth-order valence-electron chi connectivity index (χ4n) is 2.08. The third-order valence-corrected chi connectivity index (χ3v) is 3.38. The summed E-state index contributed by atoms with van der Waals surface area (Å²) in [7, 11) is 0. The van der Waals surface area contributed by atoms with Gasteiger partial charge in [0.25, 0.3) is 0 Å². The predicted octanol–water partition coefficient (Wildman–Crippen LogP) is 5.63. The van der Waals surface area contributed by atoms with Crippen molar-refractivity contribution in [2.45, 2.75) is 59.9 Å². The molecule has 0 saturated heterocycles. The van der Waals surface area contributed by atoms with Crippen LogP contribution in [-0.4, -0.2) is 6.54 Å². The molecule has 0 bridgehead atoms. The summed E-state index contributed by atoms with van der Waals surface area (Å²) in [6.07, 6.45) is 2.31. The van der Waals surface area contributed by atoms with Crippen molar-refractivity contribution in [3.8, 4) is 0 Å². The van der Waals surface area contributed by atoms with Gasteiger partial charge in [-0.25, -0.2) is 0 Å². The Labute approximate surface area is 124 Å². The molecule has 1 atom stereocenters. The lowest BCUT2D eigenvalue weighted by molar-refractivity contribution is 0.318. The molecule has 0 spiro atoms. The first kappa shape index (κ1) is 18.5. The van der Waals surface area contributed by atoms with Crippen LogP contribution in [0.25, 0.3) is 0 Å². The van der Waals surface area contributed by atoms with Gasteiger partial charge < -0.3 is 5.32 Å². The quantitative estimate of drug-likeness (QED) is 0.714. The van der Waals surface area contributed by atoms with Crippen LogP contribution in [0.2, 0.25) is 5.02 Å². The van der Waals surface area contributed by atoms with Gasteiger partial charge in [-0.3, -0.25) is 0 Å². The smallest absolute Gasteiger partial charge is 0.0406 e. The second-order valence-electron chi connectivity index (χ2n) is 5.36. The van der Waals surface area contributed by atoms with Gasteiger partial charge in [-0.1, -0.05) is 64.8 Å². The molecule has 0 aliphatic rings. The first-order valence-electron chi connectivity index (χ1n) is 7.49. The third-order valence-electron chi connectivity index (χ3n) is 3.13. The third kappa shape index (κ3) is 6.44. The second kappa shape index (κ2) is 9.39. The number of rotatable bonds is 6. The maximum absolute atomic E-state index is 5.95. The standard InChI is InChI=1S/C15H24ClN.C2H6/c1-5-10-15(4,17-11-12(2)3)13-6-8-14(16)9-7-13;1-2/h6-9,12,17H,5,10-11H2,1-4H3;1-2H3. The number of hydrogen-bond donors (Lipinski definition) is 1. The molecular weight excluding hydrogens is 254 g/mol. The molecule has 1 aromatic rings. The van der Waals surface area contributed by atoms with Gasteiger partial charge in [-0.2, -0.15) is 0 Å². The van der Waals surface area contributed by atoms with Crippen molar-refractivity contribution in [2.75, 3.05) is 6.54 Å². The molecule has 1 nitrogen and oxygen atoms in total. The van der Waals surface area contributed by atoms with Crippen molar-refractivity contribution in [1.29, 1.82) is 0 Å². The maximum Gasteiger partial charge on any atom is 0.0406 e. The van der Waals surface area contributed by atoms with Crippen molar-refractivity contribution in [3.05, 3.63) is 34.9 Å². The summed E-state index contributed by atoms with van der Waals surface area (Å²) < 4.78 is 0. The normalized spacial score (nSPS) is 13.7. The van der Waals surface area contributed by atoms with E-state index in [1.807, 2.05) is 26.0 Å². The molecule has 1 aromatic carbocycles. The Morgan fingerprint density at radius 3 is 2.11 bits per heavy atom. The van der Waals surface area contributed by atoms with Crippen molar-refractivity contribution in [1.82, 2.24) is 5.32 Å². The van der Waals surface area contributed by atoms with E-state index in [2.05, 4.69) is 45.1 Å². The van der Waals surface area contributed by atoms with E-state index in [1.54, 1.807) is 0 Å². The second-order valence-corrected chi connectivity index (χ2v) is 5.80. The molecule has 0 fully saturated rings. The Bertz CT molecular complexity index is 332. The lowest BCUT2D eigenvalue weighted by atomic mass is 9.87. The van der Waals surface area contributed by atoms with Gasteiger partial charge in [-0.15, -0.1) is 0 Å². The van der Waals surface area contributed by atoms with Crippen LogP contribution < -0.4 is 5.32 Å². The molecular formula is C17H30ClN. The summed E-state index contributed by atoms with van der Waals surface area (Å²) in [6.45, 7) is 14.0. The van der Waals surface area contributed by atoms with Gasteiger partial charge in [-0.05, 0) is 43.5 Å². The summed E-state index contributed by atoms with van der Waals surface area (Å²) in [5.74, 6) is 0.665. The molecule has 0 aliphatic carbocycles. The summed E-state index contributed by atoms with van der Waals surface area (Å²) in [4.78, 5) is 0. The lowest BCUT2D eigenvalue weighted by Crippen LogP contribution is -2.41. The predicted molar refractivity (Wildman–Crippen MR) is 87.9 cm³/mol. The molecule has 0 radical (unpaired) electrons. The molecule has 0 aliphatic heterocycles. The topological polar surface area (TPSA) is 12.0 Å². The highest BCUT2D eigenvalue weighted by molar-refractivity contribution is 6.30. The number of nitrogens with one attached hydrogen (secondary N) is 1. The van der Waals surface area contributed by atoms with Crippen molar-refractivity contribution < 1.29 is 0 Å². The Balaban J connectivity index is 0.00000154. The monoisotopic (exact) mass is 283 g/mol. The van der Waals surface area contributed by atoms with E-state index in [4.69, 9.17) is 11.6 Å². The molecule has 0 aromatic heterocycles. The van der Waals surface area contributed by atoms with Crippen LogP contribution in [0, 0.1) is 5.92 Å². The molecule has 0 heterocycles. The van der Waals surface area contributed by atoms with Crippen molar-refractivity contribution in [3.63, 3.8) is 0 Å². The minimum absolute atomic E-state index is 0.0591. The van der Waals surface area contributed by atoms with Crippen LogP contribution in [0.5, 0.6) is 0 Å². The Morgan fingerprint density at radius 2 is 1.68 bits per heavy atom. The van der Waals surface area contributed by atoms with Gasteiger partial charge in [0.1, 0.15) is 0 Å². The van der Waals surface area contributed by atoms with E-state index >= 15 is 0 Å². The zero-order valence-corrected chi connectivity index (χ0v) is 14.1. The first-order chi connectivity index (χ1) is 8.98. The zero-order chi connectivity index (χ0) is 14.9. The SMILES string of the molecule is CC.CCCC(C)(NCC(C)C)c1ccc(Cl)cc1. The zero-order valence-electron chi connectivity index (χ0n) is 13.4. The largest absolute Gasteiger partial charge is 0.307 e. The van der Waals surface area contributed by atoms with Crippen molar-refractivity contribution in [2.24, 2.45) is 5.92 Å². The van der Waals surface area contributed by atoms with Gasteiger partial charge in [0.2, 0.25) is 0 Å². The van der Waals surface area contributed by atoms with Crippen LogP contribution in [0.1, 0.15) is 59.9 Å². The minimum atomic E-state index is 0.0591. The molecule has 110 valence electrons. The Hall–Kier alpha value is -0.530. The van der Waals surface area contributed by atoms with E-state index in [9.17, 15) is 0 Å². The van der Waals surface area contributed by atoms with Crippen LogP contribution >= 0.6 is 11.6 Å². The summed E-state index contributed by atoms with van der Waals surface area (Å²) in [5, 5.41) is 4.49. The minimum Gasteiger partial charge on any atom is -0.307 e. The van der Waals surface area contributed by atoms with E-state index in [0.717, 1.165) is 18.0 Å². The molecule has 19 heavy (non-hydrogen) atoms. The molecule has 1 N–H and O–H groups in total. The number of halogens is 1. The van der Waals surface area contributed by atoms with Gasteiger partial charge in [0.05, 0.1) is 0 Å². The van der Waals surface area contributed by atoms with E-state index in [0.29, 0.717) is 5.92 Å². The van der Waals surface area contributed by atoms with Crippen LogP contribution in [0.4, 0.5) is 0 Å². The Morgan fingerprint density at radius 1 is 1.16 bits per heavy atom. The average Bonchev–Trinajstić information content (AvgIpc) is 2.40.